The van der Waals surface area contributed by atoms with Gasteiger partial charge in [0, 0.05) is 22.0 Å². The molecule has 0 fully saturated rings. The van der Waals surface area contributed by atoms with Gasteiger partial charge in [-0.3, -0.25) is 0 Å². The summed E-state index contributed by atoms with van der Waals surface area (Å²) in [5, 5.41) is 15.6. The van der Waals surface area contributed by atoms with Crippen molar-refractivity contribution in [2.75, 3.05) is 0 Å². The number of nitrogens with zero attached hydrogens (tertiary/aromatic N) is 6. The smallest absolute Gasteiger partial charge is 0.206 e. The van der Waals surface area contributed by atoms with Crippen LogP contribution in [-0.4, -0.2) is 29.6 Å². The van der Waals surface area contributed by atoms with Gasteiger partial charge in [0.05, 0.1) is 22.1 Å². The Bertz CT molecular complexity index is 2710. The van der Waals surface area contributed by atoms with Crippen molar-refractivity contribution in [3.8, 4) is 39.2 Å². The predicted molar refractivity (Wildman–Crippen MR) is 214 cm³/mol. The Morgan fingerprint density at radius 2 is 1.04 bits per heavy atom. The summed E-state index contributed by atoms with van der Waals surface area (Å²) in [6.07, 6.45) is 0. The second-order valence-corrected chi connectivity index (χ2v) is 15.8. The summed E-state index contributed by atoms with van der Waals surface area (Å²) in [7, 11) is 0. The van der Waals surface area contributed by atoms with Crippen LogP contribution in [0, 0.1) is 0 Å². The maximum absolute atomic E-state index is 5.25. The summed E-state index contributed by atoms with van der Waals surface area (Å²) in [6, 6.07) is 47.8. The predicted octanol–water partition coefficient (Wildman–Crippen LogP) is 11.4. The molecule has 3 aromatic heterocycles. The monoisotopic (exact) mass is 676 g/mol. The van der Waals surface area contributed by atoms with Crippen molar-refractivity contribution in [2.45, 2.75) is 52.4 Å². The van der Waals surface area contributed by atoms with Crippen LogP contribution in [0.15, 0.2) is 133 Å². The van der Waals surface area contributed by atoms with Crippen molar-refractivity contribution in [1.82, 2.24) is 29.6 Å². The molecule has 0 amide bonds. The molecule has 0 aliphatic carbocycles. The van der Waals surface area contributed by atoms with E-state index >= 15 is 0 Å². The number of rotatable bonds is 4. The molecular weight excluding hydrogens is 637 g/mol. The Labute approximate surface area is 303 Å². The highest BCUT2D eigenvalue weighted by Crippen LogP contribution is 2.39. The van der Waals surface area contributed by atoms with Gasteiger partial charge < -0.3 is 4.57 Å². The molecule has 0 aliphatic heterocycles. The van der Waals surface area contributed by atoms with Crippen LogP contribution in [0.2, 0.25) is 0 Å². The molecule has 6 heteroatoms. The van der Waals surface area contributed by atoms with Crippen molar-refractivity contribution >= 4 is 38.5 Å². The Morgan fingerprint density at radius 3 is 1.58 bits per heavy atom. The lowest BCUT2D eigenvalue weighted by atomic mass is 9.85. The minimum absolute atomic E-state index is 0.0472. The van der Waals surface area contributed by atoms with Crippen LogP contribution in [0.3, 0.4) is 0 Å². The van der Waals surface area contributed by atoms with Gasteiger partial charge in [0.15, 0.2) is 0 Å². The van der Waals surface area contributed by atoms with Crippen LogP contribution in [0.1, 0.15) is 52.7 Å². The topological polar surface area (TPSA) is 60.9 Å². The van der Waals surface area contributed by atoms with Crippen molar-refractivity contribution in [3.05, 3.63) is 145 Å². The van der Waals surface area contributed by atoms with Crippen LogP contribution in [0.4, 0.5) is 0 Å². The third kappa shape index (κ3) is 5.25. The summed E-state index contributed by atoms with van der Waals surface area (Å²) in [5.41, 5.74) is 14.7. The van der Waals surface area contributed by atoms with Crippen LogP contribution in [-0.2, 0) is 10.8 Å². The van der Waals surface area contributed by atoms with Crippen molar-refractivity contribution in [1.29, 1.82) is 0 Å². The average molecular weight is 677 g/mol. The Balaban J connectivity index is 1.21. The fraction of sp³-hybridized carbons (Fsp3) is 0.174. The van der Waals surface area contributed by atoms with Crippen LogP contribution in [0.5, 0.6) is 0 Å². The van der Waals surface area contributed by atoms with Gasteiger partial charge in [0.2, 0.25) is 5.65 Å². The fourth-order valence-electron chi connectivity index (χ4n) is 7.41. The second-order valence-electron chi connectivity index (χ2n) is 15.8. The van der Waals surface area contributed by atoms with E-state index in [9.17, 15) is 0 Å². The first-order chi connectivity index (χ1) is 25.0. The highest BCUT2D eigenvalue weighted by atomic mass is 15.5. The lowest BCUT2D eigenvalue weighted by Gasteiger charge is -2.19. The maximum atomic E-state index is 5.25. The minimum atomic E-state index is 0.0472. The molecule has 9 rings (SSSR count). The molecule has 0 saturated carbocycles. The summed E-state index contributed by atoms with van der Waals surface area (Å²) in [5.74, 6) is 0. The quantitative estimate of drug-likeness (QED) is 0.186. The number of hydrogen-bond donors (Lipinski definition) is 0. The third-order valence-electron chi connectivity index (χ3n) is 10.3. The molecule has 0 aliphatic rings. The molecule has 0 radical (unpaired) electrons. The van der Waals surface area contributed by atoms with Gasteiger partial charge in [0.25, 0.3) is 0 Å². The number of aromatic nitrogens is 6. The molecule has 254 valence electrons. The first kappa shape index (κ1) is 31.8. The summed E-state index contributed by atoms with van der Waals surface area (Å²) < 4.78 is 4.20. The number of hydrogen-bond acceptors (Lipinski definition) is 4. The Kier molecular flexibility index (Phi) is 7.16. The SMILES string of the molecule is CC(C)(C)c1ccc2c(c1)c1cc(C(C)(C)C)ccc1n2-c1ccc(-c2nc3cc(-c4ccccc4)c(-c4ccccc4)cc3n3nnnc23)cc1. The number of fused-ring (bicyclic) bond motifs is 6. The van der Waals surface area contributed by atoms with Crippen LogP contribution in [0.25, 0.3) is 77.7 Å². The highest BCUT2D eigenvalue weighted by Gasteiger charge is 2.22. The van der Waals surface area contributed by atoms with Gasteiger partial charge in [-0.1, -0.05) is 126 Å². The Morgan fingerprint density at radius 1 is 0.500 bits per heavy atom. The average Bonchev–Trinajstić information content (AvgIpc) is 3.77. The fourth-order valence-corrected chi connectivity index (χ4v) is 7.41. The lowest BCUT2D eigenvalue weighted by molar-refractivity contribution is 0.590. The van der Waals surface area contributed by atoms with E-state index in [4.69, 9.17) is 4.98 Å². The molecule has 6 aromatic carbocycles. The standard InChI is InChI=1S/C46H40N6/c1-45(2,3)32-19-23-40-37(25-32)38-26-33(46(4,5)6)20-24-41(38)51(40)34-21-17-31(18-22-34)43-44-48-49-50-52(44)42-28-36(30-15-11-8-12-16-30)35(27-39(42)47-43)29-13-9-7-10-14-29/h7-28H,1-6H3. The first-order valence-electron chi connectivity index (χ1n) is 17.9. The van der Waals surface area contributed by atoms with Gasteiger partial charge in [0.1, 0.15) is 5.69 Å². The van der Waals surface area contributed by atoms with E-state index in [2.05, 4.69) is 183 Å². The maximum Gasteiger partial charge on any atom is 0.206 e. The van der Waals surface area contributed by atoms with E-state index in [0.717, 1.165) is 50.2 Å². The summed E-state index contributed by atoms with van der Waals surface area (Å²) in [4.78, 5) is 5.25. The minimum Gasteiger partial charge on any atom is -0.309 e. The zero-order valence-corrected chi connectivity index (χ0v) is 30.4. The van der Waals surface area contributed by atoms with Crippen LogP contribution >= 0.6 is 0 Å². The number of benzene rings is 6. The zero-order valence-electron chi connectivity index (χ0n) is 30.4. The molecule has 52 heavy (non-hydrogen) atoms. The zero-order chi connectivity index (χ0) is 35.8. The largest absolute Gasteiger partial charge is 0.309 e. The van der Waals surface area contributed by atoms with Gasteiger partial charge >= 0.3 is 0 Å². The van der Waals surface area contributed by atoms with Crippen molar-refractivity contribution < 1.29 is 0 Å². The van der Waals surface area contributed by atoms with E-state index in [1.165, 1.54) is 32.9 Å². The van der Waals surface area contributed by atoms with E-state index in [1.54, 1.807) is 0 Å². The molecular formula is C46H40N6. The molecule has 3 heterocycles. The van der Waals surface area contributed by atoms with E-state index in [0.29, 0.717) is 5.65 Å². The molecule has 9 aromatic rings. The normalized spacial score (nSPS) is 12.4. The molecule has 0 spiro atoms. The molecule has 0 unspecified atom stereocenters. The lowest BCUT2D eigenvalue weighted by Crippen LogP contribution is -2.10. The Hall–Kier alpha value is -6.14. The molecule has 6 nitrogen and oxygen atoms in total. The highest BCUT2D eigenvalue weighted by molar-refractivity contribution is 6.10. The van der Waals surface area contributed by atoms with Crippen molar-refractivity contribution in [3.63, 3.8) is 0 Å². The van der Waals surface area contributed by atoms with Crippen LogP contribution < -0.4 is 0 Å². The summed E-state index contributed by atoms with van der Waals surface area (Å²) >= 11 is 0. The van der Waals surface area contributed by atoms with E-state index < -0.39 is 0 Å². The van der Waals surface area contributed by atoms with Gasteiger partial charge in [-0.15, -0.1) is 5.10 Å². The molecule has 0 atom stereocenters. The van der Waals surface area contributed by atoms with E-state index in [-0.39, 0.29) is 10.8 Å². The van der Waals surface area contributed by atoms with Gasteiger partial charge in [-0.2, -0.15) is 4.52 Å². The first-order valence-corrected chi connectivity index (χ1v) is 17.9. The molecule has 0 N–H and O–H groups in total. The number of tetrazole rings is 1. The van der Waals surface area contributed by atoms with E-state index in [1.807, 2.05) is 16.6 Å². The molecule has 0 bridgehead atoms. The summed E-state index contributed by atoms with van der Waals surface area (Å²) in [6.45, 7) is 13.7. The second kappa shape index (κ2) is 11.7. The van der Waals surface area contributed by atoms with Gasteiger partial charge in [-0.25, -0.2) is 4.98 Å². The molecule has 0 saturated heterocycles. The third-order valence-corrected chi connectivity index (χ3v) is 10.3. The van der Waals surface area contributed by atoms with Gasteiger partial charge in [-0.05, 0) is 103 Å². The van der Waals surface area contributed by atoms with Crippen molar-refractivity contribution in [2.24, 2.45) is 0 Å².